The highest BCUT2D eigenvalue weighted by Gasteiger charge is 2.17. The molecule has 0 aromatic carbocycles. The van der Waals surface area contributed by atoms with E-state index in [1.54, 1.807) is 16.7 Å². The Kier molecular flexibility index (Phi) is 2.34. The molecule has 0 spiro atoms. The second kappa shape index (κ2) is 3.47. The first-order valence-corrected chi connectivity index (χ1v) is 5.28. The maximum absolute atomic E-state index is 2.46. The molecule has 0 bridgehead atoms. The van der Waals surface area contributed by atoms with Gasteiger partial charge in [0.05, 0.1) is 0 Å². The van der Waals surface area contributed by atoms with E-state index in [-0.39, 0.29) is 0 Å². The largest absolute Gasteiger partial charge is 0.0850 e. The second-order valence-corrected chi connectivity index (χ2v) is 3.99. The first-order valence-electron chi connectivity index (χ1n) is 5.28. The van der Waals surface area contributed by atoms with Gasteiger partial charge in [-0.25, -0.2) is 0 Å². The lowest BCUT2D eigenvalue weighted by molar-refractivity contribution is 0.717. The Labute approximate surface area is 75.4 Å². The summed E-state index contributed by atoms with van der Waals surface area (Å²) in [6.45, 7) is 2.29. The van der Waals surface area contributed by atoms with Crippen LogP contribution in [0, 0.1) is 0 Å². The average Bonchev–Trinajstić information content (AvgIpc) is 2.51. The molecule has 2 aliphatic carbocycles. The van der Waals surface area contributed by atoms with Gasteiger partial charge in [0.1, 0.15) is 0 Å². The molecule has 0 aliphatic heterocycles. The van der Waals surface area contributed by atoms with Gasteiger partial charge in [-0.05, 0) is 44.9 Å². The van der Waals surface area contributed by atoms with Gasteiger partial charge in [-0.1, -0.05) is 29.7 Å². The number of hydrogen-bond donors (Lipinski definition) is 0. The van der Waals surface area contributed by atoms with Gasteiger partial charge in [0.2, 0.25) is 0 Å². The van der Waals surface area contributed by atoms with Gasteiger partial charge in [0.15, 0.2) is 0 Å². The van der Waals surface area contributed by atoms with E-state index >= 15 is 0 Å². The maximum Gasteiger partial charge on any atom is -0.0106 e. The van der Waals surface area contributed by atoms with Crippen molar-refractivity contribution in [1.29, 1.82) is 0 Å². The topological polar surface area (TPSA) is 0 Å². The molecule has 0 aromatic heterocycles. The normalized spacial score (nSPS) is 22.6. The minimum atomic E-state index is 1.29. The standard InChI is InChI=1S/C12H18/c1-2-11-7-8-12(11)9-10-5-3-4-6-10/h5H,2-4,6-9H2,1H3. The third kappa shape index (κ3) is 1.48. The van der Waals surface area contributed by atoms with Gasteiger partial charge in [0.25, 0.3) is 0 Å². The molecule has 2 rings (SSSR count). The van der Waals surface area contributed by atoms with E-state index in [9.17, 15) is 0 Å². The van der Waals surface area contributed by atoms with Crippen molar-refractivity contribution in [3.8, 4) is 0 Å². The van der Waals surface area contributed by atoms with Crippen molar-refractivity contribution in [3.05, 3.63) is 22.8 Å². The van der Waals surface area contributed by atoms with Crippen molar-refractivity contribution in [2.45, 2.75) is 51.9 Å². The van der Waals surface area contributed by atoms with Gasteiger partial charge in [-0.2, -0.15) is 0 Å². The number of rotatable bonds is 3. The van der Waals surface area contributed by atoms with Crippen molar-refractivity contribution >= 4 is 0 Å². The van der Waals surface area contributed by atoms with E-state index in [1.165, 1.54) is 44.9 Å². The fourth-order valence-corrected chi connectivity index (χ4v) is 2.29. The lowest BCUT2D eigenvalue weighted by atomic mass is 9.83. The maximum atomic E-state index is 2.46. The fourth-order valence-electron chi connectivity index (χ4n) is 2.29. The summed E-state index contributed by atoms with van der Waals surface area (Å²) >= 11 is 0. The molecule has 0 heterocycles. The predicted molar refractivity (Wildman–Crippen MR) is 53.1 cm³/mol. The molecule has 0 N–H and O–H groups in total. The molecule has 0 saturated carbocycles. The molecule has 0 amide bonds. The molecule has 0 fully saturated rings. The summed E-state index contributed by atoms with van der Waals surface area (Å²) in [6, 6.07) is 0. The molecule has 12 heavy (non-hydrogen) atoms. The summed E-state index contributed by atoms with van der Waals surface area (Å²) in [7, 11) is 0. The summed E-state index contributed by atoms with van der Waals surface area (Å²) in [5.74, 6) is 0. The van der Waals surface area contributed by atoms with E-state index in [1.807, 2.05) is 0 Å². The predicted octanol–water partition coefficient (Wildman–Crippen LogP) is 3.99. The van der Waals surface area contributed by atoms with Crippen LogP contribution in [-0.2, 0) is 0 Å². The van der Waals surface area contributed by atoms with Gasteiger partial charge >= 0.3 is 0 Å². The Hall–Kier alpha value is -0.520. The van der Waals surface area contributed by atoms with Crippen LogP contribution in [0.15, 0.2) is 22.8 Å². The second-order valence-electron chi connectivity index (χ2n) is 3.99. The molecule has 2 aliphatic rings. The van der Waals surface area contributed by atoms with Crippen LogP contribution in [-0.4, -0.2) is 0 Å². The highest BCUT2D eigenvalue weighted by atomic mass is 14.2. The third-order valence-electron chi connectivity index (χ3n) is 3.23. The Morgan fingerprint density at radius 1 is 1.17 bits per heavy atom. The van der Waals surface area contributed by atoms with E-state index in [0.717, 1.165) is 0 Å². The molecule has 0 aromatic rings. The van der Waals surface area contributed by atoms with E-state index in [2.05, 4.69) is 13.0 Å². The molecule has 0 nitrogen and oxygen atoms in total. The highest BCUT2D eigenvalue weighted by molar-refractivity contribution is 5.29. The van der Waals surface area contributed by atoms with Crippen LogP contribution < -0.4 is 0 Å². The molecule has 0 unspecified atom stereocenters. The lowest BCUT2D eigenvalue weighted by Crippen LogP contribution is -2.03. The summed E-state index contributed by atoms with van der Waals surface area (Å²) in [6.07, 6.45) is 12.0. The van der Waals surface area contributed by atoms with Crippen molar-refractivity contribution in [2.24, 2.45) is 0 Å². The molecule has 0 heteroatoms. The lowest BCUT2D eigenvalue weighted by Gasteiger charge is -2.23. The molecular weight excluding hydrogens is 144 g/mol. The first kappa shape index (κ1) is 8.10. The zero-order chi connectivity index (χ0) is 8.39. The first-order chi connectivity index (χ1) is 5.90. The Balaban J connectivity index is 1.94. The molecule has 66 valence electrons. The zero-order valence-corrected chi connectivity index (χ0v) is 8.03. The van der Waals surface area contributed by atoms with Crippen LogP contribution in [0.25, 0.3) is 0 Å². The minimum Gasteiger partial charge on any atom is -0.0850 e. The van der Waals surface area contributed by atoms with Crippen molar-refractivity contribution < 1.29 is 0 Å². The fraction of sp³-hybridized carbons (Fsp3) is 0.667. The smallest absolute Gasteiger partial charge is 0.0106 e. The Morgan fingerprint density at radius 2 is 2.00 bits per heavy atom. The van der Waals surface area contributed by atoms with E-state index < -0.39 is 0 Å². The Bertz CT molecular complexity index is 230. The number of allylic oxidation sites excluding steroid dienone is 4. The van der Waals surface area contributed by atoms with Crippen molar-refractivity contribution in [3.63, 3.8) is 0 Å². The summed E-state index contributed by atoms with van der Waals surface area (Å²) < 4.78 is 0. The monoisotopic (exact) mass is 162 g/mol. The van der Waals surface area contributed by atoms with Gasteiger partial charge < -0.3 is 0 Å². The average molecular weight is 162 g/mol. The van der Waals surface area contributed by atoms with Crippen LogP contribution in [0.5, 0.6) is 0 Å². The molecule has 0 saturated heterocycles. The van der Waals surface area contributed by atoms with Gasteiger partial charge in [0, 0.05) is 0 Å². The van der Waals surface area contributed by atoms with E-state index in [4.69, 9.17) is 0 Å². The SMILES string of the molecule is CCC1=C(CC2=CCCC2)CC1. The van der Waals surface area contributed by atoms with E-state index in [0.29, 0.717) is 0 Å². The van der Waals surface area contributed by atoms with Gasteiger partial charge in [-0.3, -0.25) is 0 Å². The van der Waals surface area contributed by atoms with Gasteiger partial charge in [-0.15, -0.1) is 0 Å². The van der Waals surface area contributed by atoms with Crippen LogP contribution in [0.1, 0.15) is 51.9 Å². The Morgan fingerprint density at radius 3 is 2.50 bits per heavy atom. The van der Waals surface area contributed by atoms with Crippen LogP contribution in [0.2, 0.25) is 0 Å². The zero-order valence-electron chi connectivity index (χ0n) is 8.03. The summed E-state index contributed by atoms with van der Waals surface area (Å²) in [5, 5.41) is 0. The summed E-state index contributed by atoms with van der Waals surface area (Å²) in [5.41, 5.74) is 5.24. The summed E-state index contributed by atoms with van der Waals surface area (Å²) in [4.78, 5) is 0. The molecular formula is C12H18. The minimum absolute atomic E-state index is 1.29. The van der Waals surface area contributed by atoms with Crippen molar-refractivity contribution in [2.75, 3.05) is 0 Å². The van der Waals surface area contributed by atoms with Crippen LogP contribution >= 0.6 is 0 Å². The molecule has 0 atom stereocenters. The third-order valence-corrected chi connectivity index (χ3v) is 3.23. The molecule has 0 radical (unpaired) electrons. The highest BCUT2D eigenvalue weighted by Crippen LogP contribution is 2.36. The number of hydrogen-bond acceptors (Lipinski definition) is 0. The van der Waals surface area contributed by atoms with Crippen LogP contribution in [0.3, 0.4) is 0 Å². The van der Waals surface area contributed by atoms with Crippen molar-refractivity contribution in [1.82, 2.24) is 0 Å². The quantitative estimate of drug-likeness (QED) is 0.550. The van der Waals surface area contributed by atoms with Crippen LogP contribution in [0.4, 0.5) is 0 Å².